The number of nitrogens with two attached hydrogens (primary N) is 1. The van der Waals surface area contributed by atoms with Crippen LogP contribution in [-0.4, -0.2) is 50.3 Å². The van der Waals surface area contributed by atoms with Crippen LogP contribution in [-0.2, 0) is 4.74 Å². The quantitative estimate of drug-likeness (QED) is 0.908. The average Bonchev–Trinajstić information content (AvgIpc) is 2.50. The third kappa shape index (κ3) is 3.68. The molecule has 1 saturated heterocycles. The third-order valence-electron chi connectivity index (χ3n) is 3.24. The monoisotopic (exact) mass is 281 g/mol. The Balaban J connectivity index is 2.13. The minimum absolute atomic E-state index is 0.0756. The van der Waals surface area contributed by atoms with Gasteiger partial charge >= 0.3 is 6.03 Å². The smallest absolute Gasteiger partial charge is 0.324 e. The topological polar surface area (TPSA) is 58.8 Å². The van der Waals surface area contributed by atoms with Crippen molar-refractivity contribution in [1.82, 2.24) is 4.90 Å². The first-order valence-corrected chi connectivity index (χ1v) is 6.82. The Morgan fingerprint density at radius 1 is 1.30 bits per heavy atom. The highest BCUT2D eigenvalue weighted by Crippen LogP contribution is 2.17. The number of hydrogen-bond acceptors (Lipinski definition) is 3. The van der Waals surface area contributed by atoms with E-state index in [1.807, 2.05) is 0 Å². The average molecular weight is 281 g/mol. The standard InChI is InChI=1S/C14H20FN3O2/c15-12-2-4-13(5-3-12)18(7-1-6-16)14(19)17-8-10-20-11-9-17/h2-5H,1,6-11,16H2. The highest BCUT2D eigenvalue weighted by molar-refractivity contribution is 5.92. The summed E-state index contributed by atoms with van der Waals surface area (Å²) in [6.45, 7) is 3.31. The van der Waals surface area contributed by atoms with Gasteiger partial charge in [0.05, 0.1) is 13.2 Å². The Kier molecular flexibility index (Phi) is 5.31. The molecule has 1 aromatic rings. The lowest BCUT2D eigenvalue weighted by Crippen LogP contribution is -2.48. The van der Waals surface area contributed by atoms with Crippen molar-refractivity contribution in [3.05, 3.63) is 30.1 Å². The van der Waals surface area contributed by atoms with Crippen LogP contribution in [0.15, 0.2) is 24.3 Å². The van der Waals surface area contributed by atoms with Crippen molar-refractivity contribution in [3.8, 4) is 0 Å². The van der Waals surface area contributed by atoms with E-state index in [4.69, 9.17) is 10.5 Å². The molecule has 110 valence electrons. The summed E-state index contributed by atoms with van der Waals surface area (Å²) >= 11 is 0. The fourth-order valence-corrected chi connectivity index (χ4v) is 2.13. The molecule has 0 bridgehead atoms. The van der Waals surface area contributed by atoms with E-state index >= 15 is 0 Å². The summed E-state index contributed by atoms with van der Waals surface area (Å²) in [7, 11) is 0. The number of anilines is 1. The molecule has 5 nitrogen and oxygen atoms in total. The second kappa shape index (κ2) is 7.21. The highest BCUT2D eigenvalue weighted by atomic mass is 19.1. The van der Waals surface area contributed by atoms with Crippen molar-refractivity contribution in [2.75, 3.05) is 44.3 Å². The highest BCUT2D eigenvalue weighted by Gasteiger charge is 2.23. The molecule has 0 atom stereocenters. The lowest BCUT2D eigenvalue weighted by Gasteiger charge is -2.33. The fourth-order valence-electron chi connectivity index (χ4n) is 2.13. The number of benzene rings is 1. The van der Waals surface area contributed by atoms with Crippen LogP contribution >= 0.6 is 0 Å². The lowest BCUT2D eigenvalue weighted by molar-refractivity contribution is 0.0548. The molecule has 2 amide bonds. The van der Waals surface area contributed by atoms with Gasteiger partial charge in [0, 0.05) is 25.3 Å². The minimum Gasteiger partial charge on any atom is -0.378 e. The number of morpholine rings is 1. The minimum atomic E-state index is -0.314. The van der Waals surface area contributed by atoms with Gasteiger partial charge in [-0.15, -0.1) is 0 Å². The molecule has 1 aliphatic rings. The molecule has 1 aliphatic heterocycles. The fraction of sp³-hybridized carbons (Fsp3) is 0.500. The summed E-state index contributed by atoms with van der Waals surface area (Å²) in [4.78, 5) is 16.0. The third-order valence-corrected chi connectivity index (χ3v) is 3.24. The second-order valence-electron chi connectivity index (χ2n) is 4.65. The van der Waals surface area contributed by atoms with E-state index in [-0.39, 0.29) is 11.8 Å². The van der Waals surface area contributed by atoms with E-state index in [1.54, 1.807) is 21.9 Å². The van der Waals surface area contributed by atoms with Crippen molar-refractivity contribution < 1.29 is 13.9 Å². The Morgan fingerprint density at radius 2 is 1.95 bits per heavy atom. The van der Waals surface area contributed by atoms with Crippen molar-refractivity contribution in [2.24, 2.45) is 5.73 Å². The maximum absolute atomic E-state index is 13.0. The van der Waals surface area contributed by atoms with Crippen LogP contribution in [0.3, 0.4) is 0 Å². The number of ether oxygens (including phenoxy) is 1. The van der Waals surface area contributed by atoms with Gasteiger partial charge < -0.3 is 15.4 Å². The van der Waals surface area contributed by atoms with Crippen LogP contribution in [0.1, 0.15) is 6.42 Å². The predicted octanol–water partition coefficient (Wildman–Crippen LogP) is 1.43. The molecule has 1 fully saturated rings. The molecule has 0 aromatic heterocycles. The first kappa shape index (κ1) is 14.7. The molecular formula is C14H20FN3O2. The van der Waals surface area contributed by atoms with Crippen LogP contribution in [0.25, 0.3) is 0 Å². The van der Waals surface area contributed by atoms with Gasteiger partial charge in [-0.25, -0.2) is 9.18 Å². The van der Waals surface area contributed by atoms with Gasteiger partial charge in [0.25, 0.3) is 0 Å². The van der Waals surface area contributed by atoms with E-state index in [9.17, 15) is 9.18 Å². The number of rotatable bonds is 4. The van der Waals surface area contributed by atoms with Crippen LogP contribution in [0.2, 0.25) is 0 Å². The summed E-state index contributed by atoms with van der Waals surface area (Å²) in [6.07, 6.45) is 0.702. The molecule has 1 aromatic carbocycles. The van der Waals surface area contributed by atoms with Crippen molar-refractivity contribution in [1.29, 1.82) is 0 Å². The van der Waals surface area contributed by atoms with Crippen molar-refractivity contribution in [3.63, 3.8) is 0 Å². The van der Waals surface area contributed by atoms with Gasteiger partial charge in [-0.3, -0.25) is 4.90 Å². The van der Waals surface area contributed by atoms with Crippen LogP contribution in [0.5, 0.6) is 0 Å². The summed E-state index contributed by atoms with van der Waals surface area (Å²) in [6, 6.07) is 5.87. The lowest BCUT2D eigenvalue weighted by atomic mass is 10.2. The summed E-state index contributed by atoms with van der Waals surface area (Å²) in [5.74, 6) is -0.314. The molecule has 0 unspecified atom stereocenters. The molecule has 1 heterocycles. The molecule has 0 saturated carbocycles. The molecule has 0 radical (unpaired) electrons. The molecule has 20 heavy (non-hydrogen) atoms. The Bertz CT molecular complexity index is 433. The van der Waals surface area contributed by atoms with Gasteiger partial charge in [-0.05, 0) is 37.2 Å². The Labute approximate surface area is 118 Å². The van der Waals surface area contributed by atoms with E-state index < -0.39 is 0 Å². The number of nitrogens with zero attached hydrogens (tertiary/aromatic N) is 2. The Morgan fingerprint density at radius 3 is 2.55 bits per heavy atom. The van der Waals surface area contributed by atoms with Crippen LogP contribution in [0.4, 0.5) is 14.9 Å². The van der Waals surface area contributed by atoms with Gasteiger partial charge in [0.15, 0.2) is 0 Å². The van der Waals surface area contributed by atoms with E-state index in [0.717, 1.165) is 0 Å². The number of amides is 2. The number of carbonyl (C=O) groups is 1. The van der Waals surface area contributed by atoms with Crippen LogP contribution < -0.4 is 10.6 Å². The Hall–Kier alpha value is -1.66. The zero-order chi connectivity index (χ0) is 14.4. The first-order valence-electron chi connectivity index (χ1n) is 6.82. The number of hydrogen-bond donors (Lipinski definition) is 1. The maximum atomic E-state index is 13.0. The summed E-state index contributed by atoms with van der Waals surface area (Å²) < 4.78 is 18.3. The zero-order valence-electron chi connectivity index (χ0n) is 11.4. The summed E-state index contributed by atoms with van der Waals surface area (Å²) in [5, 5.41) is 0. The SMILES string of the molecule is NCCCN(C(=O)N1CCOCC1)c1ccc(F)cc1. The normalized spacial score (nSPS) is 15.2. The molecule has 0 aliphatic carbocycles. The summed E-state index contributed by atoms with van der Waals surface area (Å²) in [5.41, 5.74) is 6.22. The van der Waals surface area contributed by atoms with Crippen molar-refractivity contribution in [2.45, 2.75) is 6.42 Å². The van der Waals surface area contributed by atoms with E-state index in [0.29, 0.717) is 51.5 Å². The first-order chi connectivity index (χ1) is 9.72. The van der Waals surface area contributed by atoms with E-state index in [2.05, 4.69) is 0 Å². The largest absolute Gasteiger partial charge is 0.378 e. The molecule has 0 spiro atoms. The number of urea groups is 1. The van der Waals surface area contributed by atoms with Gasteiger partial charge in [0.1, 0.15) is 5.82 Å². The van der Waals surface area contributed by atoms with Crippen molar-refractivity contribution >= 4 is 11.7 Å². The predicted molar refractivity (Wildman–Crippen MR) is 75.2 cm³/mol. The van der Waals surface area contributed by atoms with Crippen LogP contribution in [0, 0.1) is 5.82 Å². The zero-order valence-corrected chi connectivity index (χ0v) is 11.4. The molecular weight excluding hydrogens is 261 g/mol. The van der Waals surface area contributed by atoms with Gasteiger partial charge in [0.2, 0.25) is 0 Å². The maximum Gasteiger partial charge on any atom is 0.324 e. The molecule has 2 N–H and O–H groups in total. The van der Waals surface area contributed by atoms with Gasteiger partial charge in [-0.1, -0.05) is 0 Å². The van der Waals surface area contributed by atoms with Gasteiger partial charge in [-0.2, -0.15) is 0 Å². The van der Waals surface area contributed by atoms with E-state index in [1.165, 1.54) is 12.1 Å². The molecule has 6 heteroatoms. The molecule has 2 rings (SSSR count). The number of carbonyl (C=O) groups excluding carboxylic acids is 1. The second-order valence-corrected chi connectivity index (χ2v) is 4.65. The number of halogens is 1.